The molecule has 1 aromatic heterocycles. The summed E-state index contributed by atoms with van der Waals surface area (Å²) in [6.45, 7) is 3.38. The first kappa shape index (κ1) is 11.5. The standard InChI is InChI=1S/C11H15N3O/c1-9-4-6-14-11(10(9)8-12)13-5-3-7-15-2/h4,6H,3,5,7H2,1-2H3,(H,13,14). The Balaban J connectivity index is 2.61. The van der Waals surface area contributed by atoms with Crippen LogP contribution in [0.15, 0.2) is 12.3 Å². The number of hydrogen-bond acceptors (Lipinski definition) is 4. The Morgan fingerprint density at radius 3 is 3.07 bits per heavy atom. The predicted octanol–water partition coefficient (Wildman–Crippen LogP) is 1.71. The van der Waals surface area contributed by atoms with Crippen LogP contribution in [0.4, 0.5) is 5.82 Å². The normalized spacial score (nSPS) is 9.67. The maximum absolute atomic E-state index is 8.95. The highest BCUT2D eigenvalue weighted by molar-refractivity contribution is 5.55. The first-order valence-corrected chi connectivity index (χ1v) is 4.88. The summed E-state index contributed by atoms with van der Waals surface area (Å²) in [6.07, 6.45) is 2.60. The van der Waals surface area contributed by atoms with E-state index < -0.39 is 0 Å². The average molecular weight is 205 g/mol. The van der Waals surface area contributed by atoms with Gasteiger partial charge >= 0.3 is 0 Å². The fraction of sp³-hybridized carbons (Fsp3) is 0.455. The Labute approximate surface area is 89.9 Å². The molecule has 0 atom stereocenters. The number of nitrogens with zero attached hydrogens (tertiary/aromatic N) is 2. The number of anilines is 1. The van der Waals surface area contributed by atoms with Crippen LogP contribution in [0, 0.1) is 18.3 Å². The second-order valence-corrected chi connectivity index (χ2v) is 3.24. The van der Waals surface area contributed by atoms with Crippen LogP contribution in [-0.2, 0) is 4.74 Å². The van der Waals surface area contributed by atoms with Crippen LogP contribution >= 0.6 is 0 Å². The highest BCUT2D eigenvalue weighted by Crippen LogP contribution is 2.14. The summed E-state index contributed by atoms with van der Waals surface area (Å²) in [5.74, 6) is 0.661. The fourth-order valence-electron chi connectivity index (χ4n) is 1.26. The molecule has 4 nitrogen and oxygen atoms in total. The smallest absolute Gasteiger partial charge is 0.144 e. The summed E-state index contributed by atoms with van der Waals surface area (Å²) in [5, 5.41) is 12.1. The topological polar surface area (TPSA) is 57.9 Å². The predicted molar refractivity (Wildman–Crippen MR) is 58.7 cm³/mol. The second kappa shape index (κ2) is 5.99. The number of nitriles is 1. The molecule has 0 bridgehead atoms. The molecule has 0 spiro atoms. The number of methoxy groups -OCH3 is 1. The van der Waals surface area contributed by atoms with E-state index >= 15 is 0 Å². The Kier molecular flexibility index (Phi) is 4.58. The van der Waals surface area contributed by atoms with E-state index in [2.05, 4.69) is 16.4 Å². The van der Waals surface area contributed by atoms with Gasteiger partial charge in [-0.15, -0.1) is 0 Å². The molecular weight excluding hydrogens is 190 g/mol. The third-order valence-corrected chi connectivity index (χ3v) is 2.09. The van der Waals surface area contributed by atoms with Crippen molar-refractivity contribution in [3.05, 3.63) is 23.4 Å². The highest BCUT2D eigenvalue weighted by atomic mass is 16.5. The summed E-state index contributed by atoms with van der Waals surface area (Å²) in [4.78, 5) is 4.13. The van der Waals surface area contributed by atoms with Crippen molar-refractivity contribution < 1.29 is 4.74 Å². The zero-order chi connectivity index (χ0) is 11.1. The van der Waals surface area contributed by atoms with Gasteiger partial charge in [-0.1, -0.05) is 0 Å². The van der Waals surface area contributed by atoms with Gasteiger partial charge in [-0.2, -0.15) is 5.26 Å². The van der Waals surface area contributed by atoms with Gasteiger partial charge in [-0.25, -0.2) is 4.98 Å². The summed E-state index contributed by atoms with van der Waals surface area (Å²) < 4.78 is 4.93. The van der Waals surface area contributed by atoms with Crippen molar-refractivity contribution in [1.29, 1.82) is 5.26 Å². The van der Waals surface area contributed by atoms with E-state index in [1.807, 2.05) is 13.0 Å². The summed E-state index contributed by atoms with van der Waals surface area (Å²) in [5.41, 5.74) is 1.57. The number of pyridine rings is 1. The number of aryl methyl sites for hydroxylation is 1. The van der Waals surface area contributed by atoms with Gasteiger partial charge in [0.1, 0.15) is 11.9 Å². The van der Waals surface area contributed by atoms with Gasteiger partial charge in [0.15, 0.2) is 0 Å². The molecule has 0 aliphatic rings. The fourth-order valence-corrected chi connectivity index (χ4v) is 1.26. The van der Waals surface area contributed by atoms with Crippen molar-refractivity contribution in [1.82, 2.24) is 4.98 Å². The zero-order valence-electron chi connectivity index (χ0n) is 9.08. The summed E-state index contributed by atoms with van der Waals surface area (Å²) in [7, 11) is 1.67. The van der Waals surface area contributed by atoms with Gasteiger partial charge in [0.2, 0.25) is 0 Å². The lowest BCUT2D eigenvalue weighted by molar-refractivity contribution is 0.198. The van der Waals surface area contributed by atoms with E-state index in [4.69, 9.17) is 10.00 Å². The number of nitrogens with one attached hydrogen (secondary N) is 1. The minimum atomic E-state index is 0.620. The lowest BCUT2D eigenvalue weighted by Crippen LogP contribution is -2.08. The maximum atomic E-state index is 8.95. The van der Waals surface area contributed by atoms with E-state index in [1.165, 1.54) is 0 Å². The molecule has 1 rings (SSSR count). The van der Waals surface area contributed by atoms with Gasteiger partial charge in [-0.05, 0) is 25.0 Å². The van der Waals surface area contributed by atoms with Crippen molar-refractivity contribution in [2.45, 2.75) is 13.3 Å². The lowest BCUT2D eigenvalue weighted by Gasteiger charge is -2.07. The number of aromatic nitrogens is 1. The molecule has 1 aromatic rings. The summed E-state index contributed by atoms with van der Waals surface area (Å²) in [6, 6.07) is 3.98. The Bertz CT molecular complexity index is 357. The van der Waals surface area contributed by atoms with Crippen LogP contribution < -0.4 is 5.32 Å². The monoisotopic (exact) mass is 205 g/mol. The number of rotatable bonds is 5. The SMILES string of the molecule is COCCCNc1nccc(C)c1C#N. The first-order chi connectivity index (χ1) is 7.29. The molecule has 0 aromatic carbocycles. The van der Waals surface area contributed by atoms with Crippen molar-refractivity contribution >= 4 is 5.82 Å². The lowest BCUT2D eigenvalue weighted by atomic mass is 10.1. The molecule has 0 saturated carbocycles. The molecule has 0 saturated heterocycles. The van der Waals surface area contributed by atoms with Crippen molar-refractivity contribution in [3.8, 4) is 6.07 Å². The molecule has 1 heterocycles. The molecule has 0 amide bonds. The van der Waals surface area contributed by atoms with Crippen molar-refractivity contribution in [2.75, 3.05) is 25.6 Å². The molecule has 1 N–H and O–H groups in total. The summed E-state index contributed by atoms with van der Waals surface area (Å²) >= 11 is 0. The Hall–Kier alpha value is -1.60. The van der Waals surface area contributed by atoms with E-state index in [-0.39, 0.29) is 0 Å². The van der Waals surface area contributed by atoms with Crippen LogP contribution in [0.25, 0.3) is 0 Å². The van der Waals surface area contributed by atoms with Crippen LogP contribution in [0.5, 0.6) is 0 Å². The van der Waals surface area contributed by atoms with Crippen molar-refractivity contribution in [3.63, 3.8) is 0 Å². The van der Waals surface area contributed by atoms with E-state index in [9.17, 15) is 0 Å². The van der Waals surface area contributed by atoms with Crippen LogP contribution in [0.3, 0.4) is 0 Å². The molecular formula is C11H15N3O. The molecule has 15 heavy (non-hydrogen) atoms. The van der Waals surface area contributed by atoms with Crippen molar-refractivity contribution in [2.24, 2.45) is 0 Å². The quantitative estimate of drug-likeness (QED) is 0.743. The number of ether oxygens (including phenoxy) is 1. The molecule has 0 radical (unpaired) electrons. The average Bonchev–Trinajstić information content (AvgIpc) is 2.24. The molecule has 0 aliphatic heterocycles. The third-order valence-electron chi connectivity index (χ3n) is 2.09. The molecule has 80 valence electrons. The van der Waals surface area contributed by atoms with Crippen LogP contribution in [-0.4, -0.2) is 25.2 Å². The Morgan fingerprint density at radius 2 is 2.40 bits per heavy atom. The van der Waals surface area contributed by atoms with Gasteiger partial charge in [0.05, 0.1) is 5.56 Å². The molecule has 4 heteroatoms. The highest BCUT2D eigenvalue weighted by Gasteiger charge is 2.04. The number of hydrogen-bond donors (Lipinski definition) is 1. The van der Waals surface area contributed by atoms with Gasteiger partial charge in [-0.3, -0.25) is 0 Å². The van der Waals surface area contributed by atoms with Gasteiger partial charge in [0.25, 0.3) is 0 Å². The zero-order valence-corrected chi connectivity index (χ0v) is 9.08. The molecule has 0 fully saturated rings. The minimum absolute atomic E-state index is 0.620. The molecule has 0 aliphatic carbocycles. The van der Waals surface area contributed by atoms with E-state index in [0.717, 1.165) is 18.5 Å². The van der Waals surface area contributed by atoms with Crippen LogP contribution in [0.1, 0.15) is 17.5 Å². The third kappa shape index (κ3) is 3.22. The van der Waals surface area contributed by atoms with Gasteiger partial charge in [0, 0.05) is 26.5 Å². The van der Waals surface area contributed by atoms with E-state index in [0.29, 0.717) is 18.0 Å². The maximum Gasteiger partial charge on any atom is 0.144 e. The minimum Gasteiger partial charge on any atom is -0.385 e. The first-order valence-electron chi connectivity index (χ1n) is 4.88. The second-order valence-electron chi connectivity index (χ2n) is 3.24. The largest absolute Gasteiger partial charge is 0.385 e. The van der Waals surface area contributed by atoms with Gasteiger partial charge < -0.3 is 10.1 Å². The van der Waals surface area contributed by atoms with Crippen LogP contribution in [0.2, 0.25) is 0 Å². The van der Waals surface area contributed by atoms with E-state index in [1.54, 1.807) is 13.3 Å². The Morgan fingerprint density at radius 1 is 1.60 bits per heavy atom. The molecule has 0 unspecified atom stereocenters.